The largest absolute Gasteiger partial charge is 0.399 e. The lowest BCUT2D eigenvalue weighted by Crippen LogP contribution is -2.10. The average Bonchev–Trinajstić information content (AvgIpc) is 1.82. The molecule has 0 unspecified atom stereocenters. The smallest absolute Gasteiger partial charge is 0.0651 e. The molecule has 0 aliphatic rings. The third kappa shape index (κ3) is 1.93. The predicted octanol–water partition coefficient (Wildman–Crippen LogP) is 2.86. The molecule has 0 amide bonds. The van der Waals surface area contributed by atoms with Gasteiger partial charge in [-0.25, -0.2) is 0 Å². The second-order valence-electron chi connectivity index (χ2n) is 2.73. The van der Waals surface area contributed by atoms with Crippen molar-refractivity contribution in [1.29, 1.82) is 0 Å². The molecule has 4 heteroatoms. The zero-order valence-corrected chi connectivity index (χ0v) is 10.1. The van der Waals surface area contributed by atoms with Crippen molar-refractivity contribution in [2.75, 3.05) is 24.7 Å². The Morgan fingerprint density at radius 1 is 1.17 bits per heavy atom. The summed E-state index contributed by atoms with van der Waals surface area (Å²) in [6, 6.07) is 3.78. The second kappa shape index (κ2) is 3.66. The molecule has 0 aliphatic heterocycles. The van der Waals surface area contributed by atoms with Crippen molar-refractivity contribution in [2.45, 2.75) is 0 Å². The molecule has 1 rings (SSSR count). The highest BCUT2D eigenvalue weighted by atomic mass is 79.9. The van der Waals surface area contributed by atoms with Crippen LogP contribution in [0.2, 0.25) is 0 Å². The van der Waals surface area contributed by atoms with Crippen LogP contribution in [0, 0.1) is 0 Å². The molecule has 0 fully saturated rings. The topological polar surface area (TPSA) is 29.3 Å². The average molecular weight is 294 g/mol. The highest BCUT2D eigenvalue weighted by Gasteiger charge is 2.07. The molecule has 0 aliphatic carbocycles. The minimum Gasteiger partial charge on any atom is -0.399 e. The van der Waals surface area contributed by atoms with Gasteiger partial charge < -0.3 is 10.6 Å². The predicted molar refractivity (Wildman–Crippen MR) is 60.6 cm³/mol. The fourth-order valence-corrected chi connectivity index (χ4v) is 2.94. The Hall–Kier alpha value is -0.220. The molecule has 12 heavy (non-hydrogen) atoms. The summed E-state index contributed by atoms with van der Waals surface area (Å²) >= 11 is 6.89. The summed E-state index contributed by atoms with van der Waals surface area (Å²) in [5.74, 6) is 0. The first kappa shape index (κ1) is 9.86. The van der Waals surface area contributed by atoms with Gasteiger partial charge in [-0.05, 0) is 44.0 Å². The zero-order valence-electron chi connectivity index (χ0n) is 6.94. The standard InChI is InChI=1S/C8H10Br2N2/c1-12(2)8-6(9)3-5(11)4-7(8)10/h3-4H,11H2,1-2H3. The minimum atomic E-state index is 0.749. The lowest BCUT2D eigenvalue weighted by Gasteiger charge is -2.16. The van der Waals surface area contributed by atoms with Gasteiger partial charge in [-0.1, -0.05) is 0 Å². The normalized spacial score (nSPS) is 10.0. The lowest BCUT2D eigenvalue weighted by atomic mass is 10.3. The molecule has 0 radical (unpaired) electrons. The Bertz CT molecular complexity index is 274. The van der Waals surface area contributed by atoms with Crippen molar-refractivity contribution in [3.05, 3.63) is 21.1 Å². The molecular formula is C8H10Br2N2. The molecule has 0 saturated carbocycles. The third-order valence-corrected chi connectivity index (χ3v) is 2.70. The lowest BCUT2D eigenvalue weighted by molar-refractivity contribution is 1.12. The van der Waals surface area contributed by atoms with Crippen LogP contribution in [-0.2, 0) is 0 Å². The SMILES string of the molecule is CN(C)c1c(Br)cc(N)cc1Br. The van der Waals surface area contributed by atoms with Gasteiger partial charge >= 0.3 is 0 Å². The van der Waals surface area contributed by atoms with Crippen LogP contribution in [-0.4, -0.2) is 14.1 Å². The summed E-state index contributed by atoms with van der Waals surface area (Å²) in [5.41, 5.74) is 7.50. The molecule has 2 nitrogen and oxygen atoms in total. The number of benzene rings is 1. The second-order valence-corrected chi connectivity index (χ2v) is 4.44. The van der Waals surface area contributed by atoms with Crippen LogP contribution in [0.5, 0.6) is 0 Å². The molecule has 1 aromatic carbocycles. The maximum atomic E-state index is 5.65. The number of rotatable bonds is 1. The van der Waals surface area contributed by atoms with E-state index in [4.69, 9.17) is 5.73 Å². The maximum absolute atomic E-state index is 5.65. The van der Waals surface area contributed by atoms with E-state index in [1.807, 2.05) is 31.1 Å². The number of nitrogens with two attached hydrogens (primary N) is 1. The van der Waals surface area contributed by atoms with E-state index in [-0.39, 0.29) is 0 Å². The van der Waals surface area contributed by atoms with E-state index in [9.17, 15) is 0 Å². The van der Waals surface area contributed by atoms with E-state index in [0.29, 0.717) is 0 Å². The molecule has 2 N–H and O–H groups in total. The molecule has 66 valence electrons. The highest BCUT2D eigenvalue weighted by molar-refractivity contribution is 9.11. The molecule has 1 aromatic rings. The Labute approximate surface area is 89.0 Å². The van der Waals surface area contributed by atoms with Crippen LogP contribution in [0.1, 0.15) is 0 Å². The van der Waals surface area contributed by atoms with Gasteiger partial charge in [0.25, 0.3) is 0 Å². The van der Waals surface area contributed by atoms with Crippen molar-refractivity contribution < 1.29 is 0 Å². The van der Waals surface area contributed by atoms with Crippen LogP contribution in [0.3, 0.4) is 0 Å². The molecule has 0 atom stereocenters. The van der Waals surface area contributed by atoms with Crippen LogP contribution >= 0.6 is 31.9 Å². The summed E-state index contributed by atoms with van der Waals surface area (Å²) in [5, 5.41) is 0. The van der Waals surface area contributed by atoms with Crippen LogP contribution < -0.4 is 10.6 Å². The van der Waals surface area contributed by atoms with E-state index < -0.39 is 0 Å². The summed E-state index contributed by atoms with van der Waals surface area (Å²) in [6.45, 7) is 0. The Balaban J connectivity index is 3.28. The van der Waals surface area contributed by atoms with Gasteiger partial charge in [-0.3, -0.25) is 0 Å². The van der Waals surface area contributed by atoms with Gasteiger partial charge in [0.05, 0.1) is 5.69 Å². The van der Waals surface area contributed by atoms with Crippen molar-refractivity contribution >= 4 is 43.2 Å². The number of nitrogen functional groups attached to an aromatic ring is 1. The number of hydrogen-bond donors (Lipinski definition) is 1. The van der Waals surface area contributed by atoms with Crippen molar-refractivity contribution in [3.8, 4) is 0 Å². The summed E-state index contributed by atoms with van der Waals surface area (Å²) in [4.78, 5) is 2.02. The maximum Gasteiger partial charge on any atom is 0.0651 e. The molecule has 0 heterocycles. The van der Waals surface area contributed by atoms with Crippen LogP contribution in [0.25, 0.3) is 0 Å². The first-order chi connectivity index (χ1) is 5.52. The monoisotopic (exact) mass is 292 g/mol. The molecular weight excluding hydrogens is 284 g/mol. The summed E-state index contributed by atoms with van der Waals surface area (Å²) in [6.07, 6.45) is 0. The number of nitrogens with zero attached hydrogens (tertiary/aromatic N) is 1. The van der Waals surface area contributed by atoms with Gasteiger partial charge in [0.2, 0.25) is 0 Å². The van der Waals surface area contributed by atoms with E-state index in [1.165, 1.54) is 0 Å². The Kier molecular flexibility index (Phi) is 3.01. The molecule has 0 bridgehead atoms. The van der Waals surface area contributed by atoms with E-state index in [2.05, 4.69) is 31.9 Å². The first-order valence-electron chi connectivity index (χ1n) is 3.44. The van der Waals surface area contributed by atoms with Gasteiger partial charge in [0.1, 0.15) is 0 Å². The van der Waals surface area contributed by atoms with Crippen LogP contribution in [0.4, 0.5) is 11.4 Å². The van der Waals surface area contributed by atoms with Crippen LogP contribution in [0.15, 0.2) is 21.1 Å². The first-order valence-corrected chi connectivity index (χ1v) is 5.03. The number of halogens is 2. The summed E-state index contributed by atoms with van der Waals surface area (Å²) in [7, 11) is 3.97. The van der Waals surface area contributed by atoms with Crippen molar-refractivity contribution in [1.82, 2.24) is 0 Å². The number of hydrogen-bond acceptors (Lipinski definition) is 2. The quantitative estimate of drug-likeness (QED) is 0.807. The minimum absolute atomic E-state index is 0.749. The van der Waals surface area contributed by atoms with Gasteiger partial charge in [-0.15, -0.1) is 0 Å². The van der Waals surface area contributed by atoms with Crippen molar-refractivity contribution in [3.63, 3.8) is 0 Å². The number of anilines is 2. The van der Waals surface area contributed by atoms with Gasteiger partial charge in [0, 0.05) is 28.7 Å². The van der Waals surface area contributed by atoms with Crippen molar-refractivity contribution in [2.24, 2.45) is 0 Å². The van der Waals surface area contributed by atoms with E-state index in [1.54, 1.807) is 0 Å². The molecule has 0 spiro atoms. The highest BCUT2D eigenvalue weighted by Crippen LogP contribution is 2.34. The third-order valence-electron chi connectivity index (χ3n) is 1.49. The zero-order chi connectivity index (χ0) is 9.30. The van der Waals surface area contributed by atoms with Gasteiger partial charge in [0.15, 0.2) is 0 Å². The Morgan fingerprint density at radius 3 is 1.92 bits per heavy atom. The van der Waals surface area contributed by atoms with E-state index in [0.717, 1.165) is 20.3 Å². The Morgan fingerprint density at radius 2 is 1.58 bits per heavy atom. The summed E-state index contributed by atoms with van der Waals surface area (Å²) < 4.78 is 2.00. The fraction of sp³-hybridized carbons (Fsp3) is 0.250. The molecule has 0 aromatic heterocycles. The molecule has 0 saturated heterocycles. The van der Waals surface area contributed by atoms with Gasteiger partial charge in [-0.2, -0.15) is 0 Å². The van der Waals surface area contributed by atoms with E-state index >= 15 is 0 Å². The fourth-order valence-electron chi connectivity index (χ4n) is 1.01.